The van der Waals surface area contributed by atoms with Gasteiger partial charge in [0.25, 0.3) is 0 Å². The maximum Gasteiger partial charge on any atom is 0.324 e. The quantitative estimate of drug-likeness (QED) is 0.274. The molecule has 0 fully saturated rings. The van der Waals surface area contributed by atoms with Crippen LogP contribution in [0.1, 0.15) is 27.7 Å². The molecule has 26 heavy (non-hydrogen) atoms. The fourth-order valence-corrected chi connectivity index (χ4v) is 20.3. The molecule has 0 bridgehead atoms. The summed E-state index contributed by atoms with van der Waals surface area (Å²) >= 11 is 0. The lowest BCUT2D eigenvalue weighted by Crippen LogP contribution is -2.51. The van der Waals surface area contributed by atoms with Gasteiger partial charge in [-0.1, -0.05) is 6.92 Å². The van der Waals surface area contributed by atoms with Crippen molar-refractivity contribution in [3.63, 3.8) is 0 Å². The van der Waals surface area contributed by atoms with Gasteiger partial charge in [-0.3, -0.25) is 0 Å². The summed E-state index contributed by atoms with van der Waals surface area (Å²) in [4.78, 5) is 0. The van der Waals surface area contributed by atoms with Crippen molar-refractivity contribution in [2.75, 3.05) is 6.61 Å². The molecule has 8 heteroatoms. The summed E-state index contributed by atoms with van der Waals surface area (Å²) in [5, 5.41) is 0. The van der Waals surface area contributed by atoms with Gasteiger partial charge in [0.2, 0.25) is 0 Å². The van der Waals surface area contributed by atoms with Crippen LogP contribution in [0.2, 0.25) is 69.5 Å². The minimum absolute atomic E-state index is 0.730. The van der Waals surface area contributed by atoms with Crippen molar-refractivity contribution in [1.82, 2.24) is 0 Å². The lowest BCUT2D eigenvalue weighted by atomic mass is 10.9. The largest absolute Gasteiger partial charge is 0.436 e. The van der Waals surface area contributed by atoms with E-state index in [0.29, 0.717) is 0 Å². The first-order valence-corrected chi connectivity index (χ1v) is 21.7. The zero-order valence-corrected chi connectivity index (χ0v) is 23.0. The third kappa shape index (κ3) is 10.9. The molecule has 2 atom stereocenters. The summed E-state index contributed by atoms with van der Waals surface area (Å²) in [6.45, 7) is 26.5. The van der Waals surface area contributed by atoms with E-state index in [4.69, 9.17) is 17.4 Å². The molecule has 0 aromatic rings. The highest BCUT2D eigenvalue weighted by Crippen LogP contribution is 2.32. The third-order valence-corrected chi connectivity index (χ3v) is 19.2. The van der Waals surface area contributed by atoms with Crippen LogP contribution in [-0.4, -0.2) is 40.1 Å². The van der Waals surface area contributed by atoms with Crippen molar-refractivity contribution in [3.05, 3.63) is 13.2 Å². The summed E-state index contributed by atoms with van der Waals surface area (Å²) in [6.07, 6.45) is 0. The summed E-state index contributed by atoms with van der Waals surface area (Å²) in [5.41, 5.74) is 0. The Labute approximate surface area is 168 Å². The Balaban J connectivity index is 5.03. The van der Waals surface area contributed by atoms with Gasteiger partial charge in [-0.2, -0.15) is 0 Å². The van der Waals surface area contributed by atoms with E-state index in [0.717, 1.165) is 36.8 Å². The molecule has 0 heterocycles. The first kappa shape index (κ1) is 26.7. The predicted octanol–water partition coefficient (Wildman–Crippen LogP) is 6.51. The van der Waals surface area contributed by atoms with Crippen LogP contribution in [0.4, 0.5) is 0 Å². The van der Waals surface area contributed by atoms with Crippen LogP contribution in [0.3, 0.4) is 0 Å². The van der Waals surface area contributed by atoms with E-state index in [-0.39, 0.29) is 0 Å². The molecule has 0 aliphatic heterocycles. The normalized spacial score (nSPS) is 17.8. The average molecular weight is 437 g/mol. The lowest BCUT2D eigenvalue weighted by molar-refractivity contribution is 0.253. The van der Waals surface area contributed by atoms with Crippen LogP contribution in [0.25, 0.3) is 0 Å². The molecule has 0 spiro atoms. The Hall–Kier alpha value is 0.708. The number of rotatable bonds is 15. The SMILES string of the molecule is C[CH]O[Si](C)(C)CC[Si](C)(CC)O[Si](C)(CC[Si](C)(C)O[CH]C)OCC. The van der Waals surface area contributed by atoms with Crippen molar-refractivity contribution < 1.29 is 17.4 Å². The maximum atomic E-state index is 6.93. The monoisotopic (exact) mass is 436 g/mol. The maximum absolute atomic E-state index is 6.93. The summed E-state index contributed by atoms with van der Waals surface area (Å²) in [6, 6.07) is 5.55. The topological polar surface area (TPSA) is 36.9 Å². The lowest BCUT2D eigenvalue weighted by Gasteiger charge is -2.39. The Morgan fingerprint density at radius 3 is 1.54 bits per heavy atom. The molecule has 2 radical (unpaired) electrons. The van der Waals surface area contributed by atoms with Gasteiger partial charge >= 0.3 is 8.56 Å². The summed E-state index contributed by atoms with van der Waals surface area (Å²) in [7, 11) is -7.29. The number of hydrogen-bond acceptors (Lipinski definition) is 4. The van der Waals surface area contributed by atoms with E-state index >= 15 is 0 Å². The molecule has 0 saturated heterocycles. The standard InChI is InChI=1S/C18H44O4Si4/c1-11-19-23(5,6)15-17-25(9,14-4)22-26(10,21-13-3)18-16-24(7,8)20-12-2/h11-12H,13-18H2,1-10H3. The Bertz CT molecular complexity index is 395. The van der Waals surface area contributed by atoms with Gasteiger partial charge < -0.3 is 17.4 Å². The van der Waals surface area contributed by atoms with E-state index in [1.165, 1.54) is 0 Å². The zero-order chi connectivity index (χ0) is 20.5. The van der Waals surface area contributed by atoms with E-state index in [9.17, 15) is 0 Å². The van der Waals surface area contributed by atoms with Crippen molar-refractivity contribution in [3.8, 4) is 0 Å². The van der Waals surface area contributed by atoms with Gasteiger partial charge in [-0.15, -0.1) is 0 Å². The molecule has 0 saturated carbocycles. The van der Waals surface area contributed by atoms with Crippen LogP contribution in [0.15, 0.2) is 0 Å². The van der Waals surface area contributed by atoms with E-state index in [1.54, 1.807) is 0 Å². The second kappa shape index (κ2) is 11.6. The Morgan fingerprint density at radius 1 is 0.692 bits per heavy atom. The van der Waals surface area contributed by atoms with Crippen molar-refractivity contribution in [2.45, 2.75) is 97.2 Å². The smallest absolute Gasteiger partial charge is 0.324 e. The molecule has 0 rings (SSSR count). The van der Waals surface area contributed by atoms with Gasteiger partial charge in [0, 0.05) is 6.61 Å². The average Bonchev–Trinajstić information content (AvgIpc) is 2.52. The molecule has 0 amide bonds. The van der Waals surface area contributed by atoms with E-state index in [1.807, 2.05) is 27.1 Å². The molecule has 0 aromatic carbocycles. The van der Waals surface area contributed by atoms with Crippen molar-refractivity contribution in [2.24, 2.45) is 0 Å². The molecular formula is C18H44O4Si4. The fraction of sp³-hybridized carbons (Fsp3) is 0.889. The summed E-state index contributed by atoms with van der Waals surface area (Å²) in [5.74, 6) is 0. The highest BCUT2D eigenvalue weighted by Gasteiger charge is 2.42. The highest BCUT2D eigenvalue weighted by molar-refractivity contribution is 6.85. The van der Waals surface area contributed by atoms with Crippen LogP contribution in [0.5, 0.6) is 0 Å². The fourth-order valence-electron chi connectivity index (χ4n) is 3.13. The van der Waals surface area contributed by atoms with Gasteiger partial charge in [-0.25, -0.2) is 0 Å². The second-order valence-electron chi connectivity index (χ2n) is 8.70. The number of hydrogen-bond donors (Lipinski definition) is 0. The van der Waals surface area contributed by atoms with Gasteiger partial charge in [0.05, 0.1) is 13.2 Å². The molecule has 0 aromatic heterocycles. The Kier molecular flexibility index (Phi) is 12.0. The van der Waals surface area contributed by atoms with Gasteiger partial charge in [0.1, 0.15) is 0 Å². The molecular weight excluding hydrogens is 393 g/mol. The molecule has 0 N–H and O–H groups in total. The molecule has 4 nitrogen and oxygen atoms in total. The second-order valence-corrected chi connectivity index (χ2v) is 25.2. The minimum atomic E-state index is -2.19. The van der Waals surface area contributed by atoms with E-state index in [2.05, 4.69) is 53.1 Å². The molecule has 2 unspecified atom stereocenters. The first-order valence-electron chi connectivity index (χ1n) is 10.1. The van der Waals surface area contributed by atoms with Gasteiger partial charge in [0.15, 0.2) is 25.0 Å². The van der Waals surface area contributed by atoms with Crippen molar-refractivity contribution >= 4 is 33.5 Å². The third-order valence-electron chi connectivity index (χ3n) is 4.97. The highest BCUT2D eigenvalue weighted by atomic mass is 28.4. The Morgan fingerprint density at radius 2 is 1.15 bits per heavy atom. The van der Waals surface area contributed by atoms with Crippen LogP contribution in [-0.2, 0) is 17.4 Å². The van der Waals surface area contributed by atoms with Gasteiger partial charge in [-0.05, 0) is 90.3 Å². The van der Waals surface area contributed by atoms with Crippen molar-refractivity contribution in [1.29, 1.82) is 0 Å². The van der Waals surface area contributed by atoms with E-state index < -0.39 is 33.5 Å². The van der Waals surface area contributed by atoms with Crippen LogP contribution < -0.4 is 0 Å². The summed E-state index contributed by atoms with van der Waals surface area (Å²) < 4.78 is 25.0. The van der Waals surface area contributed by atoms with Crippen LogP contribution >= 0.6 is 0 Å². The minimum Gasteiger partial charge on any atom is -0.436 e. The molecule has 156 valence electrons. The molecule has 0 aliphatic carbocycles. The van der Waals surface area contributed by atoms with Crippen LogP contribution in [0, 0.1) is 13.2 Å². The zero-order valence-electron chi connectivity index (χ0n) is 19.0. The first-order chi connectivity index (χ1) is 11.9. The predicted molar refractivity (Wildman–Crippen MR) is 123 cm³/mol. The molecule has 0 aliphatic rings.